The van der Waals surface area contributed by atoms with Gasteiger partial charge in [-0.15, -0.1) is 0 Å². The highest BCUT2D eigenvalue weighted by Gasteiger charge is 2.27. The molecule has 0 unspecified atom stereocenters. The van der Waals surface area contributed by atoms with Crippen molar-refractivity contribution in [1.29, 1.82) is 0 Å². The minimum atomic E-state index is -0.0135. The Labute approximate surface area is 114 Å². The lowest BCUT2D eigenvalue weighted by atomic mass is 9.98. The van der Waals surface area contributed by atoms with E-state index in [0.717, 1.165) is 31.6 Å². The lowest BCUT2D eigenvalue weighted by molar-refractivity contribution is 0.0812. The first-order valence-corrected chi connectivity index (χ1v) is 6.94. The van der Waals surface area contributed by atoms with Gasteiger partial charge in [0, 0.05) is 30.4 Å². The van der Waals surface area contributed by atoms with E-state index in [-0.39, 0.29) is 17.5 Å². The molecule has 0 atom stereocenters. The third-order valence-corrected chi connectivity index (χ3v) is 3.85. The van der Waals surface area contributed by atoms with E-state index in [9.17, 15) is 4.79 Å². The van der Waals surface area contributed by atoms with E-state index in [0.29, 0.717) is 5.56 Å². The van der Waals surface area contributed by atoms with Gasteiger partial charge in [0.2, 0.25) is 0 Å². The van der Waals surface area contributed by atoms with Crippen molar-refractivity contribution in [3.63, 3.8) is 0 Å². The molecule has 1 fully saturated rings. The van der Waals surface area contributed by atoms with Gasteiger partial charge >= 0.3 is 0 Å². The first-order valence-electron chi connectivity index (χ1n) is 6.94. The van der Waals surface area contributed by atoms with Crippen LogP contribution in [0.2, 0.25) is 0 Å². The van der Waals surface area contributed by atoms with Crippen LogP contribution in [-0.2, 0) is 0 Å². The third-order valence-electron chi connectivity index (χ3n) is 3.85. The minimum absolute atomic E-state index is 0.0135. The predicted molar refractivity (Wildman–Crippen MR) is 75.1 cm³/mol. The van der Waals surface area contributed by atoms with E-state index in [1.165, 1.54) is 0 Å². The fourth-order valence-corrected chi connectivity index (χ4v) is 2.54. The zero-order valence-corrected chi connectivity index (χ0v) is 12.3. The summed E-state index contributed by atoms with van der Waals surface area (Å²) >= 11 is 0. The van der Waals surface area contributed by atoms with Crippen LogP contribution < -0.4 is 5.32 Å². The maximum absolute atomic E-state index is 12.1. The Bertz CT molecular complexity index is 439. The summed E-state index contributed by atoms with van der Waals surface area (Å²) in [6.45, 7) is 10.7. The van der Waals surface area contributed by atoms with Crippen LogP contribution in [0, 0.1) is 6.92 Å². The Hall–Kier alpha value is -1.36. The van der Waals surface area contributed by atoms with Gasteiger partial charge in [0.1, 0.15) is 0 Å². The van der Waals surface area contributed by atoms with Crippen LogP contribution in [0.3, 0.4) is 0 Å². The molecule has 19 heavy (non-hydrogen) atoms. The van der Waals surface area contributed by atoms with E-state index in [1.54, 1.807) is 6.20 Å². The zero-order valence-electron chi connectivity index (χ0n) is 12.3. The van der Waals surface area contributed by atoms with Gasteiger partial charge in [-0.25, -0.2) is 0 Å². The molecule has 106 valence electrons. The second-order valence-electron chi connectivity index (χ2n) is 6.31. The molecule has 1 saturated heterocycles. The fourth-order valence-electron chi connectivity index (χ4n) is 2.54. The molecule has 2 rings (SSSR count). The first-order chi connectivity index (χ1) is 8.88. The van der Waals surface area contributed by atoms with Crippen molar-refractivity contribution in [2.75, 3.05) is 13.1 Å². The van der Waals surface area contributed by atoms with Gasteiger partial charge in [-0.1, -0.05) is 0 Å². The van der Waals surface area contributed by atoms with Crippen molar-refractivity contribution in [3.05, 3.63) is 17.5 Å². The molecule has 5 heteroatoms. The Morgan fingerprint density at radius 1 is 1.42 bits per heavy atom. The van der Waals surface area contributed by atoms with Crippen molar-refractivity contribution in [2.45, 2.75) is 52.1 Å². The van der Waals surface area contributed by atoms with Crippen molar-refractivity contribution >= 4 is 5.91 Å². The van der Waals surface area contributed by atoms with E-state index in [1.807, 2.05) is 6.92 Å². The molecule has 1 aliphatic heterocycles. The molecule has 5 nitrogen and oxygen atoms in total. The highest BCUT2D eigenvalue weighted by atomic mass is 16.1. The largest absolute Gasteiger partial charge is 0.349 e. The van der Waals surface area contributed by atoms with Crippen molar-refractivity contribution in [1.82, 2.24) is 20.4 Å². The minimum Gasteiger partial charge on any atom is -0.349 e. The average Bonchev–Trinajstić information content (AvgIpc) is 2.75. The summed E-state index contributed by atoms with van der Waals surface area (Å²) in [5.74, 6) is -0.0135. The van der Waals surface area contributed by atoms with Crippen LogP contribution in [0.5, 0.6) is 0 Å². The van der Waals surface area contributed by atoms with Gasteiger partial charge in [0.15, 0.2) is 0 Å². The maximum Gasteiger partial charge on any atom is 0.254 e. The molecule has 1 amide bonds. The van der Waals surface area contributed by atoms with E-state index in [4.69, 9.17) is 0 Å². The number of piperidine rings is 1. The molecule has 2 heterocycles. The summed E-state index contributed by atoms with van der Waals surface area (Å²) < 4.78 is 0. The van der Waals surface area contributed by atoms with Crippen LogP contribution in [-0.4, -0.2) is 45.7 Å². The third kappa shape index (κ3) is 3.35. The van der Waals surface area contributed by atoms with Gasteiger partial charge in [0.05, 0.1) is 11.8 Å². The Morgan fingerprint density at radius 2 is 2.05 bits per heavy atom. The maximum atomic E-state index is 12.1. The summed E-state index contributed by atoms with van der Waals surface area (Å²) in [6.07, 6.45) is 3.62. The van der Waals surface area contributed by atoms with E-state index < -0.39 is 0 Å². The summed E-state index contributed by atoms with van der Waals surface area (Å²) in [5, 5.41) is 9.79. The van der Waals surface area contributed by atoms with Gasteiger partial charge in [-0.2, -0.15) is 5.10 Å². The standard InChI is InChI=1S/C14H24N4O/c1-10-12(9-15-17-10)13(19)16-11-5-7-18(8-6-11)14(2,3)4/h9,11H,5-8H2,1-4H3,(H,15,17)(H,16,19). The molecular weight excluding hydrogens is 240 g/mol. The number of aromatic amines is 1. The second kappa shape index (κ2) is 5.33. The number of amides is 1. The number of hydrogen-bond acceptors (Lipinski definition) is 3. The van der Waals surface area contributed by atoms with Crippen molar-refractivity contribution < 1.29 is 4.79 Å². The topological polar surface area (TPSA) is 61.0 Å². The molecule has 0 spiro atoms. The summed E-state index contributed by atoms with van der Waals surface area (Å²) in [4.78, 5) is 14.6. The summed E-state index contributed by atoms with van der Waals surface area (Å²) in [6, 6.07) is 0.278. The van der Waals surface area contributed by atoms with Crippen LogP contribution in [0.15, 0.2) is 6.20 Å². The number of carbonyl (C=O) groups is 1. The first kappa shape index (κ1) is 14.1. The lowest BCUT2D eigenvalue weighted by Crippen LogP contribution is -2.50. The van der Waals surface area contributed by atoms with Crippen LogP contribution in [0.4, 0.5) is 0 Å². The summed E-state index contributed by atoms with van der Waals surface area (Å²) in [7, 11) is 0. The quantitative estimate of drug-likeness (QED) is 0.855. The van der Waals surface area contributed by atoms with Crippen LogP contribution in [0.25, 0.3) is 0 Å². The summed E-state index contributed by atoms with van der Waals surface area (Å²) in [5.41, 5.74) is 1.69. The number of aromatic nitrogens is 2. The number of aryl methyl sites for hydroxylation is 1. The van der Waals surface area contributed by atoms with Gasteiger partial charge in [0.25, 0.3) is 5.91 Å². The fraction of sp³-hybridized carbons (Fsp3) is 0.714. The second-order valence-corrected chi connectivity index (χ2v) is 6.31. The monoisotopic (exact) mass is 264 g/mol. The van der Waals surface area contributed by atoms with Gasteiger partial charge in [-0.05, 0) is 40.5 Å². The Balaban J connectivity index is 1.86. The van der Waals surface area contributed by atoms with E-state index >= 15 is 0 Å². The van der Waals surface area contributed by atoms with Crippen LogP contribution in [0.1, 0.15) is 49.7 Å². The number of hydrogen-bond donors (Lipinski definition) is 2. The SMILES string of the molecule is Cc1[nH]ncc1C(=O)NC1CCN(C(C)(C)C)CC1. The predicted octanol–water partition coefficient (Wildman–Crippen LogP) is 1.71. The number of likely N-dealkylation sites (tertiary alicyclic amines) is 1. The van der Waals surface area contributed by atoms with E-state index in [2.05, 4.69) is 41.2 Å². The normalized spacial score (nSPS) is 18.5. The molecule has 1 aliphatic rings. The molecule has 0 saturated carbocycles. The zero-order chi connectivity index (χ0) is 14.0. The lowest BCUT2D eigenvalue weighted by Gasteiger charge is -2.41. The van der Waals surface area contributed by atoms with Crippen LogP contribution >= 0.6 is 0 Å². The number of carbonyl (C=O) groups excluding carboxylic acids is 1. The highest BCUT2D eigenvalue weighted by molar-refractivity contribution is 5.95. The van der Waals surface area contributed by atoms with Gasteiger partial charge in [-0.3, -0.25) is 14.8 Å². The van der Waals surface area contributed by atoms with Crippen molar-refractivity contribution in [3.8, 4) is 0 Å². The number of nitrogens with one attached hydrogen (secondary N) is 2. The Kier molecular flexibility index (Phi) is 3.94. The molecular formula is C14H24N4O. The molecule has 2 N–H and O–H groups in total. The molecule has 1 aromatic rings. The number of rotatable bonds is 2. The van der Waals surface area contributed by atoms with Crippen molar-refractivity contribution in [2.24, 2.45) is 0 Å². The smallest absolute Gasteiger partial charge is 0.254 e. The molecule has 1 aromatic heterocycles. The molecule has 0 bridgehead atoms. The Morgan fingerprint density at radius 3 is 2.53 bits per heavy atom. The molecule has 0 aliphatic carbocycles. The highest BCUT2D eigenvalue weighted by Crippen LogP contribution is 2.20. The molecule has 0 radical (unpaired) electrons. The number of nitrogens with zero attached hydrogens (tertiary/aromatic N) is 2. The van der Waals surface area contributed by atoms with Gasteiger partial charge < -0.3 is 5.32 Å². The molecule has 0 aromatic carbocycles. The average molecular weight is 264 g/mol. The number of H-pyrrole nitrogens is 1.